The molecule has 4 rings (SSSR count). The van der Waals surface area contributed by atoms with E-state index < -0.39 is 29.3 Å². The Morgan fingerprint density at radius 1 is 0.844 bits per heavy atom. The molecule has 32 heavy (non-hydrogen) atoms. The molecule has 0 saturated carbocycles. The molecule has 2 aromatic rings. The third kappa shape index (κ3) is 2.78. The number of rotatable bonds is 3. The highest BCUT2D eigenvalue weighted by atomic mass is 32.2. The van der Waals surface area contributed by atoms with Gasteiger partial charge in [0.05, 0.1) is 24.3 Å². The average molecular weight is 473 g/mol. The molecule has 158 valence electrons. The van der Waals surface area contributed by atoms with E-state index in [-0.39, 0.29) is 0 Å². The third-order valence-corrected chi connectivity index (χ3v) is 12.5. The van der Waals surface area contributed by atoms with Gasteiger partial charge in [-0.1, -0.05) is 54.6 Å². The maximum absolute atomic E-state index is 10.5. The summed E-state index contributed by atoms with van der Waals surface area (Å²) in [5.74, 6) is 1.46. The Bertz CT molecular complexity index is 1190. The molecule has 0 N–H and O–H groups in total. The highest BCUT2D eigenvalue weighted by Crippen LogP contribution is 2.73. The molecule has 0 aromatic heterocycles. The van der Waals surface area contributed by atoms with E-state index in [4.69, 9.17) is 4.43 Å². The Morgan fingerprint density at radius 2 is 1.41 bits per heavy atom. The molecule has 1 fully saturated rings. The number of nitrogens with zero attached hydrogens (tertiary/aromatic N) is 4. The predicted molar refractivity (Wildman–Crippen MR) is 128 cm³/mol. The molecule has 1 aliphatic heterocycles. The van der Waals surface area contributed by atoms with E-state index in [2.05, 4.69) is 24.3 Å². The lowest BCUT2D eigenvalue weighted by molar-refractivity contribution is 0.0478. The van der Waals surface area contributed by atoms with Crippen LogP contribution < -0.4 is 5.19 Å². The van der Waals surface area contributed by atoms with Crippen molar-refractivity contribution in [1.29, 1.82) is 21.0 Å². The predicted octanol–water partition coefficient (Wildman–Crippen LogP) is 4.57. The second-order valence-corrected chi connectivity index (χ2v) is 15.0. The lowest BCUT2D eigenvalue weighted by Gasteiger charge is -2.53. The Kier molecular flexibility index (Phi) is 5.62. The number of fused-ring (bicyclic) bond motifs is 2. The van der Waals surface area contributed by atoms with Gasteiger partial charge in [0.1, 0.15) is 10.2 Å². The molecular formula is C24H20N4OS2Si. The number of nitriles is 4. The van der Waals surface area contributed by atoms with Crippen molar-refractivity contribution in [2.24, 2.45) is 10.8 Å². The molecule has 5 nitrogen and oxygen atoms in total. The smallest absolute Gasteiger partial charge is 0.219 e. The van der Waals surface area contributed by atoms with E-state index in [1.54, 1.807) is 0 Å². The van der Waals surface area contributed by atoms with Gasteiger partial charge in [-0.2, -0.15) is 21.0 Å². The van der Waals surface area contributed by atoms with Gasteiger partial charge < -0.3 is 4.43 Å². The van der Waals surface area contributed by atoms with Crippen molar-refractivity contribution in [3.05, 3.63) is 65.7 Å². The number of benzene rings is 2. The Hall–Kier alpha value is -2.72. The summed E-state index contributed by atoms with van der Waals surface area (Å²) in [5.41, 5.74) is -2.38. The van der Waals surface area contributed by atoms with Crippen molar-refractivity contribution < 1.29 is 4.43 Å². The normalized spacial score (nSPS) is 22.0. The van der Waals surface area contributed by atoms with Crippen LogP contribution in [0.3, 0.4) is 0 Å². The topological polar surface area (TPSA) is 104 Å². The minimum absolute atomic E-state index is 0.718. The summed E-state index contributed by atoms with van der Waals surface area (Å²) in [6, 6.07) is 25.9. The van der Waals surface area contributed by atoms with Crippen molar-refractivity contribution in [3.8, 4) is 24.3 Å². The molecule has 1 unspecified atom stereocenters. The van der Waals surface area contributed by atoms with Crippen LogP contribution in [0.1, 0.15) is 17.2 Å². The molecule has 1 spiro atoms. The summed E-state index contributed by atoms with van der Waals surface area (Å²) < 4.78 is 5.69. The fourth-order valence-electron chi connectivity index (χ4n) is 4.71. The summed E-state index contributed by atoms with van der Waals surface area (Å²) in [4.78, 5) is 0. The second-order valence-electron chi connectivity index (χ2n) is 8.28. The lowest BCUT2D eigenvalue weighted by atomic mass is 9.55. The molecule has 1 heterocycles. The number of hydrogen-bond acceptors (Lipinski definition) is 7. The molecule has 0 bridgehead atoms. The van der Waals surface area contributed by atoms with Crippen LogP contribution in [-0.4, -0.2) is 19.8 Å². The molecule has 0 amide bonds. The molecule has 1 aliphatic carbocycles. The molecule has 8 heteroatoms. The summed E-state index contributed by atoms with van der Waals surface area (Å²) in [5, 5.41) is 42.9. The van der Waals surface area contributed by atoms with Gasteiger partial charge in [0.25, 0.3) is 0 Å². The van der Waals surface area contributed by atoms with Crippen molar-refractivity contribution in [3.63, 3.8) is 0 Å². The minimum atomic E-state index is -2.63. The molecule has 0 radical (unpaired) electrons. The van der Waals surface area contributed by atoms with Crippen molar-refractivity contribution in [2.45, 2.75) is 23.3 Å². The Labute approximate surface area is 197 Å². The summed E-state index contributed by atoms with van der Waals surface area (Å²) in [6.07, 6.45) is -1.03. The Balaban J connectivity index is 2.03. The monoisotopic (exact) mass is 472 g/mol. The highest BCUT2D eigenvalue weighted by Gasteiger charge is 2.75. The maximum Gasteiger partial charge on any atom is 0.219 e. The number of thioether (sulfide) groups is 2. The summed E-state index contributed by atoms with van der Waals surface area (Å²) >= 11 is 2.97. The minimum Gasteiger partial charge on any atom is -0.403 e. The first kappa shape index (κ1) is 22.5. The zero-order chi connectivity index (χ0) is 23.0. The van der Waals surface area contributed by atoms with Crippen LogP contribution in [0, 0.1) is 56.2 Å². The van der Waals surface area contributed by atoms with Crippen LogP contribution >= 0.6 is 23.5 Å². The van der Waals surface area contributed by atoms with E-state index in [0.717, 1.165) is 27.8 Å². The number of hydrogen-bond donors (Lipinski definition) is 0. The van der Waals surface area contributed by atoms with Crippen LogP contribution in [0.5, 0.6) is 0 Å². The first-order chi connectivity index (χ1) is 15.4. The van der Waals surface area contributed by atoms with Crippen molar-refractivity contribution >= 4 is 37.0 Å². The van der Waals surface area contributed by atoms with Gasteiger partial charge in [0, 0.05) is 11.5 Å². The summed E-state index contributed by atoms with van der Waals surface area (Å²) in [6.45, 7) is 4.02. The van der Waals surface area contributed by atoms with Gasteiger partial charge in [-0.3, -0.25) is 0 Å². The van der Waals surface area contributed by atoms with Gasteiger partial charge in [-0.25, -0.2) is 0 Å². The molecule has 2 aromatic carbocycles. The van der Waals surface area contributed by atoms with Crippen LogP contribution in [0.2, 0.25) is 13.1 Å². The van der Waals surface area contributed by atoms with Gasteiger partial charge in [0.2, 0.25) is 19.1 Å². The molecule has 1 atom stereocenters. The second kappa shape index (κ2) is 8.00. The first-order valence-corrected chi connectivity index (χ1v) is 15.0. The van der Waals surface area contributed by atoms with Crippen LogP contribution in [0.25, 0.3) is 0 Å². The Morgan fingerprint density at radius 3 is 1.97 bits per heavy atom. The van der Waals surface area contributed by atoms with Gasteiger partial charge in [0.15, 0.2) is 0 Å². The fourth-order valence-corrected chi connectivity index (χ4v) is 10.4. The fraction of sp³-hybridized carbons (Fsp3) is 0.333. The third-order valence-electron chi connectivity index (χ3n) is 6.34. The van der Waals surface area contributed by atoms with Gasteiger partial charge in [-0.15, -0.1) is 23.5 Å². The standard InChI is InChI=1S/C24H20N4OS2Si/c1-32(2,18-8-4-3-5-9-18)29-21-19-10-6-7-11-20(19)24(30-12-13-31-24)23(16-27,17-28)22(21,14-25)15-26/h3-11,21H,12-13H2,1-2H3. The molecule has 2 aliphatic rings. The zero-order valence-corrected chi connectivity index (χ0v) is 20.3. The quantitative estimate of drug-likeness (QED) is 0.603. The summed E-state index contributed by atoms with van der Waals surface area (Å²) in [7, 11) is -2.63. The van der Waals surface area contributed by atoms with E-state index in [0.29, 0.717) is 0 Å². The van der Waals surface area contributed by atoms with E-state index in [1.165, 1.54) is 23.5 Å². The maximum atomic E-state index is 10.5. The lowest BCUT2D eigenvalue weighted by Crippen LogP contribution is -2.59. The van der Waals surface area contributed by atoms with E-state index >= 15 is 0 Å². The molecule has 1 saturated heterocycles. The van der Waals surface area contributed by atoms with Crippen LogP contribution in [0.15, 0.2) is 54.6 Å². The first-order valence-electron chi connectivity index (χ1n) is 10.1. The highest BCUT2D eigenvalue weighted by molar-refractivity contribution is 8.20. The van der Waals surface area contributed by atoms with Crippen LogP contribution in [-0.2, 0) is 8.51 Å². The van der Waals surface area contributed by atoms with Crippen molar-refractivity contribution in [2.75, 3.05) is 11.5 Å². The van der Waals surface area contributed by atoms with Gasteiger partial charge >= 0.3 is 0 Å². The average Bonchev–Trinajstić information content (AvgIpc) is 3.33. The van der Waals surface area contributed by atoms with Crippen molar-refractivity contribution in [1.82, 2.24) is 0 Å². The largest absolute Gasteiger partial charge is 0.403 e. The van der Waals surface area contributed by atoms with Crippen LogP contribution in [0.4, 0.5) is 0 Å². The zero-order valence-electron chi connectivity index (χ0n) is 17.7. The van der Waals surface area contributed by atoms with E-state index in [1.807, 2.05) is 67.7 Å². The van der Waals surface area contributed by atoms with Gasteiger partial charge in [-0.05, 0) is 29.4 Å². The SMILES string of the molecule is C[Si](C)(OC1c2ccccc2C2(SCCS2)C(C#N)(C#N)C1(C#N)C#N)c1ccccc1. The molecular weight excluding hydrogens is 453 g/mol. The van der Waals surface area contributed by atoms with E-state index in [9.17, 15) is 21.0 Å².